The summed E-state index contributed by atoms with van der Waals surface area (Å²) in [6.45, 7) is 5.62. The normalized spacial score (nSPS) is 11.9. The van der Waals surface area contributed by atoms with Gasteiger partial charge < -0.3 is 19.4 Å². The highest BCUT2D eigenvalue weighted by molar-refractivity contribution is 5.93. The number of aromatic nitrogens is 2. The van der Waals surface area contributed by atoms with E-state index in [0.717, 1.165) is 10.1 Å². The Balaban J connectivity index is 2.23. The number of aromatic amines is 1. The van der Waals surface area contributed by atoms with Crippen molar-refractivity contribution < 1.29 is 14.3 Å². The highest BCUT2D eigenvalue weighted by atomic mass is 16.5. The summed E-state index contributed by atoms with van der Waals surface area (Å²) < 4.78 is 12.2. The van der Waals surface area contributed by atoms with E-state index in [-0.39, 0.29) is 17.7 Å². The van der Waals surface area contributed by atoms with Crippen LogP contribution in [0.4, 0.5) is 0 Å². The van der Waals surface area contributed by atoms with Gasteiger partial charge in [0.2, 0.25) is 0 Å². The molecule has 1 atom stereocenters. The first-order valence-corrected chi connectivity index (χ1v) is 8.18. The first kappa shape index (κ1) is 19.3. The van der Waals surface area contributed by atoms with Gasteiger partial charge in [0, 0.05) is 13.2 Å². The molecule has 0 aliphatic carbocycles. The fourth-order valence-electron chi connectivity index (χ4n) is 2.39. The lowest BCUT2D eigenvalue weighted by molar-refractivity contribution is 0.0937. The molecule has 0 spiro atoms. The molecule has 1 unspecified atom stereocenters. The molecular weight excluding hydrogens is 338 g/mol. The minimum Gasteiger partial charge on any atom is -0.493 e. The third-order valence-corrected chi connectivity index (χ3v) is 3.75. The summed E-state index contributed by atoms with van der Waals surface area (Å²) in [4.78, 5) is 37.7. The monoisotopic (exact) mass is 361 g/mol. The number of carbonyl (C=O) groups excluding carboxylic acids is 1. The second-order valence-electron chi connectivity index (χ2n) is 6.19. The molecule has 0 aliphatic rings. The van der Waals surface area contributed by atoms with Crippen LogP contribution >= 0.6 is 0 Å². The first-order valence-electron chi connectivity index (χ1n) is 8.18. The number of methoxy groups -OCH3 is 1. The van der Waals surface area contributed by atoms with Crippen molar-refractivity contribution >= 4 is 5.91 Å². The van der Waals surface area contributed by atoms with E-state index in [2.05, 4.69) is 10.3 Å². The molecule has 0 bridgehead atoms. The lowest BCUT2D eigenvalue weighted by atomic mass is 10.1. The Morgan fingerprint density at radius 1 is 1.19 bits per heavy atom. The highest BCUT2D eigenvalue weighted by Gasteiger charge is 2.17. The van der Waals surface area contributed by atoms with Crippen LogP contribution in [0.3, 0.4) is 0 Å². The summed E-state index contributed by atoms with van der Waals surface area (Å²) >= 11 is 0. The van der Waals surface area contributed by atoms with Gasteiger partial charge in [-0.3, -0.25) is 14.6 Å². The number of H-pyrrole nitrogens is 1. The lowest BCUT2D eigenvalue weighted by Crippen LogP contribution is -2.37. The van der Waals surface area contributed by atoms with Gasteiger partial charge in [0.15, 0.2) is 11.5 Å². The molecule has 2 N–H and O–H groups in total. The predicted molar refractivity (Wildman–Crippen MR) is 96.9 cm³/mol. The predicted octanol–water partition coefficient (Wildman–Crippen LogP) is 1.36. The van der Waals surface area contributed by atoms with Crippen LogP contribution < -0.4 is 26.0 Å². The zero-order chi connectivity index (χ0) is 19.4. The maximum absolute atomic E-state index is 12.4. The van der Waals surface area contributed by atoms with Crippen molar-refractivity contribution in [3.63, 3.8) is 0 Å². The van der Waals surface area contributed by atoms with Crippen LogP contribution in [0.1, 0.15) is 42.7 Å². The minimum atomic E-state index is -0.726. The van der Waals surface area contributed by atoms with Gasteiger partial charge in [0.25, 0.3) is 11.5 Å². The van der Waals surface area contributed by atoms with Gasteiger partial charge >= 0.3 is 5.69 Å². The Labute approximate surface area is 150 Å². The smallest absolute Gasteiger partial charge is 0.328 e. The van der Waals surface area contributed by atoms with Crippen LogP contribution in [-0.4, -0.2) is 28.7 Å². The summed E-state index contributed by atoms with van der Waals surface area (Å²) in [5.41, 5.74) is -0.653. The van der Waals surface area contributed by atoms with Crippen LogP contribution in [-0.2, 0) is 7.05 Å². The molecule has 0 aliphatic heterocycles. The second kappa shape index (κ2) is 7.90. The highest BCUT2D eigenvalue weighted by Crippen LogP contribution is 2.31. The van der Waals surface area contributed by atoms with Crippen molar-refractivity contribution in [3.8, 4) is 11.5 Å². The van der Waals surface area contributed by atoms with E-state index in [1.807, 2.05) is 19.9 Å². The number of nitrogens with zero attached hydrogens (tertiary/aromatic N) is 1. The van der Waals surface area contributed by atoms with E-state index in [4.69, 9.17) is 9.47 Å². The number of carbonyl (C=O) groups is 1. The average Bonchev–Trinajstić information content (AvgIpc) is 2.57. The van der Waals surface area contributed by atoms with Gasteiger partial charge in [0.05, 0.1) is 19.3 Å². The summed E-state index contributed by atoms with van der Waals surface area (Å²) in [7, 11) is 3.00. The van der Waals surface area contributed by atoms with E-state index >= 15 is 0 Å². The zero-order valence-corrected chi connectivity index (χ0v) is 15.5. The Kier molecular flexibility index (Phi) is 5.86. The third kappa shape index (κ3) is 4.33. The molecule has 0 saturated heterocycles. The number of amides is 1. The Hall–Kier alpha value is -3.03. The van der Waals surface area contributed by atoms with Crippen LogP contribution in [0.15, 0.2) is 34.0 Å². The molecule has 8 heteroatoms. The second-order valence-corrected chi connectivity index (χ2v) is 6.19. The molecule has 0 saturated carbocycles. The quantitative estimate of drug-likeness (QED) is 0.809. The van der Waals surface area contributed by atoms with Crippen molar-refractivity contribution in [1.29, 1.82) is 0 Å². The van der Waals surface area contributed by atoms with Crippen molar-refractivity contribution in [2.75, 3.05) is 7.11 Å². The summed E-state index contributed by atoms with van der Waals surface area (Å²) in [6.07, 6.45) is 1.21. The Morgan fingerprint density at radius 3 is 2.50 bits per heavy atom. The van der Waals surface area contributed by atoms with E-state index in [9.17, 15) is 14.4 Å². The Bertz CT molecular complexity index is 914. The van der Waals surface area contributed by atoms with Crippen molar-refractivity contribution in [2.24, 2.45) is 7.05 Å². The van der Waals surface area contributed by atoms with Crippen LogP contribution in [0.5, 0.6) is 11.5 Å². The Morgan fingerprint density at radius 2 is 1.88 bits per heavy atom. The fourth-order valence-corrected chi connectivity index (χ4v) is 2.39. The first-order chi connectivity index (χ1) is 12.2. The van der Waals surface area contributed by atoms with Crippen LogP contribution in [0.25, 0.3) is 0 Å². The fraction of sp³-hybridized carbons (Fsp3) is 0.389. The molecule has 0 fully saturated rings. The number of rotatable bonds is 6. The maximum atomic E-state index is 12.4. The average molecular weight is 361 g/mol. The molecule has 1 amide bonds. The van der Waals surface area contributed by atoms with E-state index in [0.29, 0.717) is 11.5 Å². The van der Waals surface area contributed by atoms with Crippen LogP contribution in [0.2, 0.25) is 0 Å². The molecule has 26 heavy (non-hydrogen) atoms. The van der Waals surface area contributed by atoms with Gasteiger partial charge in [-0.25, -0.2) is 4.79 Å². The molecular formula is C18H23N3O5. The lowest BCUT2D eigenvalue weighted by Gasteiger charge is -2.18. The molecule has 2 aromatic rings. The SMILES string of the molecule is COc1cc(C(C)NC(=O)c2cn(C)c(=O)[nH]c2=O)ccc1OC(C)C. The van der Waals surface area contributed by atoms with Gasteiger partial charge in [-0.2, -0.15) is 0 Å². The number of benzene rings is 1. The largest absolute Gasteiger partial charge is 0.493 e. The van der Waals surface area contributed by atoms with Gasteiger partial charge in [-0.1, -0.05) is 6.07 Å². The van der Waals surface area contributed by atoms with E-state index in [1.54, 1.807) is 26.2 Å². The molecule has 2 rings (SSSR count). The molecule has 0 radical (unpaired) electrons. The number of hydrogen-bond donors (Lipinski definition) is 2. The third-order valence-electron chi connectivity index (χ3n) is 3.75. The van der Waals surface area contributed by atoms with Gasteiger partial charge in [-0.15, -0.1) is 0 Å². The van der Waals surface area contributed by atoms with Gasteiger partial charge in [0.1, 0.15) is 5.56 Å². The van der Waals surface area contributed by atoms with Gasteiger partial charge in [-0.05, 0) is 38.5 Å². The molecule has 140 valence electrons. The number of nitrogens with one attached hydrogen (secondary N) is 2. The topological polar surface area (TPSA) is 102 Å². The molecule has 1 aromatic heterocycles. The van der Waals surface area contributed by atoms with Crippen molar-refractivity contribution in [1.82, 2.24) is 14.9 Å². The standard InChI is InChI=1S/C18H23N3O5/c1-10(2)26-14-7-6-12(8-15(14)25-5)11(3)19-16(22)13-9-21(4)18(24)20-17(13)23/h6-11H,1-5H3,(H,19,22)(H,20,23,24). The van der Waals surface area contributed by atoms with Crippen molar-refractivity contribution in [3.05, 3.63) is 56.4 Å². The minimum absolute atomic E-state index is 0.00308. The van der Waals surface area contributed by atoms with E-state index in [1.165, 1.54) is 13.2 Å². The summed E-state index contributed by atoms with van der Waals surface area (Å²) in [5, 5.41) is 2.74. The molecule has 1 aromatic carbocycles. The number of ether oxygens (including phenoxy) is 2. The molecule has 8 nitrogen and oxygen atoms in total. The number of hydrogen-bond acceptors (Lipinski definition) is 5. The van der Waals surface area contributed by atoms with E-state index < -0.39 is 17.2 Å². The summed E-state index contributed by atoms with van der Waals surface area (Å²) in [6, 6.07) is 4.97. The summed E-state index contributed by atoms with van der Waals surface area (Å²) in [5.74, 6) is 0.590. The van der Waals surface area contributed by atoms with Crippen LogP contribution in [0, 0.1) is 0 Å². The van der Waals surface area contributed by atoms with Crippen molar-refractivity contribution in [2.45, 2.75) is 32.9 Å². The zero-order valence-electron chi connectivity index (χ0n) is 15.5. The molecule has 1 heterocycles. The maximum Gasteiger partial charge on any atom is 0.328 e. The number of aryl methyl sites for hydroxylation is 1.